The molecule has 1 aromatic heterocycles. The predicted molar refractivity (Wildman–Crippen MR) is 72.5 cm³/mol. The van der Waals surface area contributed by atoms with E-state index < -0.39 is 0 Å². The molecule has 2 nitrogen and oxygen atoms in total. The fourth-order valence-corrected chi connectivity index (χ4v) is 3.37. The lowest BCUT2D eigenvalue weighted by Crippen LogP contribution is -2.22. The molecule has 1 aromatic carbocycles. The third-order valence-electron chi connectivity index (χ3n) is 4.02. The van der Waals surface area contributed by atoms with Crippen molar-refractivity contribution in [3.05, 3.63) is 34.5 Å². The number of aryl methyl sites for hydroxylation is 1. The standard InChI is InChI=1S/C14H17ClN2/c1-17-13-6-5-9(8-16)7-11(13)10-3-2-4-12(15)14(10)17/h2-4,9H,5-8,16H2,1H3. The average Bonchev–Trinajstić information content (AvgIpc) is 2.64. The van der Waals surface area contributed by atoms with Crippen molar-refractivity contribution in [2.24, 2.45) is 18.7 Å². The van der Waals surface area contributed by atoms with Crippen LogP contribution in [0.1, 0.15) is 17.7 Å². The monoisotopic (exact) mass is 248 g/mol. The van der Waals surface area contributed by atoms with Gasteiger partial charge in [0.25, 0.3) is 0 Å². The van der Waals surface area contributed by atoms with Gasteiger partial charge in [0.05, 0.1) is 10.5 Å². The summed E-state index contributed by atoms with van der Waals surface area (Å²) in [5.74, 6) is 0.632. The van der Waals surface area contributed by atoms with Crippen molar-refractivity contribution in [3.63, 3.8) is 0 Å². The van der Waals surface area contributed by atoms with Gasteiger partial charge in [-0.3, -0.25) is 0 Å². The first-order chi connectivity index (χ1) is 8.22. The van der Waals surface area contributed by atoms with Crippen molar-refractivity contribution < 1.29 is 0 Å². The normalized spacial score (nSPS) is 19.6. The van der Waals surface area contributed by atoms with Gasteiger partial charge in [-0.05, 0) is 43.4 Å². The van der Waals surface area contributed by atoms with Crippen LogP contribution in [0.5, 0.6) is 0 Å². The van der Waals surface area contributed by atoms with Gasteiger partial charge in [0, 0.05) is 18.1 Å². The predicted octanol–water partition coefficient (Wildman–Crippen LogP) is 2.90. The highest BCUT2D eigenvalue weighted by Gasteiger charge is 2.24. The molecule has 0 saturated heterocycles. The van der Waals surface area contributed by atoms with Gasteiger partial charge in [-0.15, -0.1) is 0 Å². The summed E-state index contributed by atoms with van der Waals surface area (Å²) >= 11 is 6.31. The first-order valence-electron chi connectivity index (χ1n) is 6.17. The third kappa shape index (κ3) is 1.59. The van der Waals surface area contributed by atoms with E-state index in [0.29, 0.717) is 5.92 Å². The van der Waals surface area contributed by atoms with Crippen LogP contribution in [0.3, 0.4) is 0 Å². The van der Waals surface area contributed by atoms with Gasteiger partial charge >= 0.3 is 0 Å². The van der Waals surface area contributed by atoms with Crippen LogP contribution in [0.15, 0.2) is 18.2 Å². The Hall–Kier alpha value is -0.990. The molecule has 1 atom stereocenters. The number of aromatic nitrogens is 1. The van der Waals surface area contributed by atoms with Gasteiger partial charge < -0.3 is 10.3 Å². The molecular weight excluding hydrogens is 232 g/mol. The van der Waals surface area contributed by atoms with E-state index in [1.807, 2.05) is 12.1 Å². The lowest BCUT2D eigenvalue weighted by molar-refractivity contribution is 0.462. The van der Waals surface area contributed by atoms with E-state index in [1.54, 1.807) is 0 Å². The second-order valence-electron chi connectivity index (χ2n) is 4.96. The highest BCUT2D eigenvalue weighted by Crippen LogP contribution is 2.36. The zero-order valence-electron chi connectivity index (χ0n) is 10.0. The Morgan fingerprint density at radius 2 is 2.29 bits per heavy atom. The molecule has 3 heteroatoms. The molecule has 2 N–H and O–H groups in total. The molecule has 1 heterocycles. The molecule has 3 rings (SSSR count). The van der Waals surface area contributed by atoms with Gasteiger partial charge in [0.1, 0.15) is 0 Å². The van der Waals surface area contributed by atoms with Gasteiger partial charge in [0.15, 0.2) is 0 Å². The molecular formula is C14H17ClN2. The Bertz CT molecular complexity index is 571. The van der Waals surface area contributed by atoms with Crippen LogP contribution >= 0.6 is 11.6 Å². The minimum atomic E-state index is 0.632. The van der Waals surface area contributed by atoms with E-state index >= 15 is 0 Å². The van der Waals surface area contributed by atoms with Crippen molar-refractivity contribution in [3.8, 4) is 0 Å². The third-order valence-corrected chi connectivity index (χ3v) is 4.32. The van der Waals surface area contributed by atoms with E-state index in [0.717, 1.165) is 24.4 Å². The number of hydrogen-bond acceptors (Lipinski definition) is 1. The van der Waals surface area contributed by atoms with Crippen LogP contribution < -0.4 is 5.73 Å². The van der Waals surface area contributed by atoms with Gasteiger partial charge in [-0.25, -0.2) is 0 Å². The van der Waals surface area contributed by atoms with Crippen LogP contribution in [-0.4, -0.2) is 11.1 Å². The zero-order chi connectivity index (χ0) is 12.0. The number of fused-ring (bicyclic) bond motifs is 3. The summed E-state index contributed by atoms with van der Waals surface area (Å²) in [5.41, 5.74) is 9.89. The molecule has 0 aliphatic heterocycles. The van der Waals surface area contributed by atoms with Crippen LogP contribution in [0.4, 0.5) is 0 Å². The Morgan fingerprint density at radius 1 is 1.47 bits per heavy atom. The summed E-state index contributed by atoms with van der Waals surface area (Å²) in [4.78, 5) is 0. The molecule has 0 fully saturated rings. The Labute approximate surface area is 106 Å². The van der Waals surface area contributed by atoms with Crippen molar-refractivity contribution in [2.45, 2.75) is 19.3 Å². The molecule has 90 valence electrons. The van der Waals surface area contributed by atoms with E-state index in [-0.39, 0.29) is 0 Å². The molecule has 0 radical (unpaired) electrons. The van der Waals surface area contributed by atoms with Gasteiger partial charge in [0.2, 0.25) is 0 Å². The quantitative estimate of drug-likeness (QED) is 0.827. The number of benzene rings is 1. The van der Waals surface area contributed by atoms with E-state index in [9.17, 15) is 0 Å². The smallest absolute Gasteiger partial charge is 0.0672 e. The fourth-order valence-electron chi connectivity index (χ4n) is 3.07. The second-order valence-corrected chi connectivity index (χ2v) is 5.37. The fraction of sp³-hybridized carbons (Fsp3) is 0.429. The number of nitrogens with two attached hydrogens (primary N) is 1. The van der Waals surface area contributed by atoms with Crippen molar-refractivity contribution in [1.29, 1.82) is 0 Å². The molecule has 1 aliphatic rings. The maximum atomic E-state index is 6.31. The number of para-hydroxylation sites is 1. The largest absolute Gasteiger partial charge is 0.346 e. The molecule has 1 unspecified atom stereocenters. The van der Waals surface area contributed by atoms with E-state index in [2.05, 4.69) is 17.7 Å². The maximum absolute atomic E-state index is 6.31. The van der Waals surface area contributed by atoms with Gasteiger partial charge in [-0.1, -0.05) is 23.7 Å². The SMILES string of the molecule is Cn1c2c(c3cccc(Cl)c31)CC(CN)CC2. The van der Waals surface area contributed by atoms with Crippen molar-refractivity contribution in [1.82, 2.24) is 4.57 Å². The molecule has 0 bridgehead atoms. The van der Waals surface area contributed by atoms with E-state index in [1.165, 1.54) is 28.6 Å². The van der Waals surface area contributed by atoms with Gasteiger partial charge in [-0.2, -0.15) is 0 Å². The Morgan fingerprint density at radius 3 is 3.06 bits per heavy atom. The molecule has 17 heavy (non-hydrogen) atoms. The molecule has 0 spiro atoms. The Kier molecular flexibility index (Phi) is 2.64. The first kappa shape index (κ1) is 11.1. The maximum Gasteiger partial charge on any atom is 0.0672 e. The lowest BCUT2D eigenvalue weighted by atomic mass is 9.86. The van der Waals surface area contributed by atoms with Crippen LogP contribution in [0.2, 0.25) is 5.02 Å². The zero-order valence-corrected chi connectivity index (χ0v) is 10.8. The molecule has 0 saturated carbocycles. The summed E-state index contributed by atoms with van der Waals surface area (Å²) in [7, 11) is 2.12. The molecule has 2 aromatic rings. The number of rotatable bonds is 1. The topological polar surface area (TPSA) is 30.9 Å². The summed E-state index contributed by atoms with van der Waals surface area (Å²) < 4.78 is 2.26. The number of hydrogen-bond donors (Lipinski definition) is 1. The minimum Gasteiger partial charge on any atom is -0.346 e. The highest BCUT2D eigenvalue weighted by atomic mass is 35.5. The van der Waals surface area contributed by atoms with Crippen LogP contribution in [0, 0.1) is 5.92 Å². The number of halogens is 1. The highest BCUT2D eigenvalue weighted by molar-refractivity contribution is 6.35. The van der Waals surface area contributed by atoms with E-state index in [4.69, 9.17) is 17.3 Å². The summed E-state index contributed by atoms with van der Waals surface area (Å²) in [5, 5.41) is 2.16. The van der Waals surface area contributed by atoms with Crippen molar-refractivity contribution >= 4 is 22.5 Å². The lowest BCUT2D eigenvalue weighted by Gasteiger charge is -2.21. The minimum absolute atomic E-state index is 0.632. The van der Waals surface area contributed by atoms with Crippen LogP contribution in [-0.2, 0) is 19.9 Å². The second kappa shape index (κ2) is 4.04. The summed E-state index contributed by atoms with van der Waals surface area (Å²) in [6, 6.07) is 6.19. The van der Waals surface area contributed by atoms with Crippen LogP contribution in [0.25, 0.3) is 10.9 Å². The summed E-state index contributed by atoms with van der Waals surface area (Å²) in [6.07, 6.45) is 3.42. The number of nitrogens with zero attached hydrogens (tertiary/aromatic N) is 1. The molecule has 1 aliphatic carbocycles. The summed E-state index contributed by atoms with van der Waals surface area (Å²) in [6.45, 7) is 0.788. The average molecular weight is 249 g/mol. The Balaban J connectivity index is 2.26. The first-order valence-corrected chi connectivity index (χ1v) is 6.55. The molecule has 0 amide bonds. The van der Waals surface area contributed by atoms with Crippen molar-refractivity contribution in [2.75, 3.05) is 6.54 Å².